The lowest BCUT2D eigenvalue weighted by Crippen LogP contribution is -2.53. The predicted molar refractivity (Wildman–Crippen MR) is 88.2 cm³/mol. The van der Waals surface area contributed by atoms with Crippen LogP contribution in [0.2, 0.25) is 0 Å². The summed E-state index contributed by atoms with van der Waals surface area (Å²) in [7, 11) is 0. The number of Topliss-reactive ketones (excluding diaryl/α,β-unsaturated/α-hetero) is 1. The van der Waals surface area contributed by atoms with Crippen LogP contribution in [0, 0.1) is 11.3 Å². The third-order valence-electron chi connectivity index (χ3n) is 5.79. The number of carbonyl (C=O) groups excluding carboxylic acids is 1. The molecule has 0 aromatic rings. The monoisotopic (exact) mass is 294 g/mol. The Balaban J connectivity index is 2.13. The van der Waals surface area contributed by atoms with E-state index in [1.165, 1.54) is 6.42 Å². The van der Waals surface area contributed by atoms with Gasteiger partial charge in [0.05, 0.1) is 6.04 Å². The highest BCUT2D eigenvalue weighted by Crippen LogP contribution is 2.42. The fraction of sp³-hybridized carbons (Fsp3) is 0.944. The molecule has 2 fully saturated rings. The molecule has 0 radical (unpaired) electrons. The molecule has 1 aliphatic heterocycles. The Labute approximate surface area is 130 Å². The van der Waals surface area contributed by atoms with Crippen molar-refractivity contribution < 1.29 is 4.79 Å². The lowest BCUT2D eigenvalue weighted by molar-refractivity contribution is -0.137. The molecule has 122 valence electrons. The van der Waals surface area contributed by atoms with Gasteiger partial charge in [-0.2, -0.15) is 0 Å². The number of nitrogens with two attached hydrogens (primary N) is 1. The molecule has 1 saturated heterocycles. The summed E-state index contributed by atoms with van der Waals surface area (Å²) >= 11 is 0. The van der Waals surface area contributed by atoms with Gasteiger partial charge < -0.3 is 5.73 Å². The first-order valence-corrected chi connectivity index (χ1v) is 8.70. The molecule has 0 spiro atoms. The second-order valence-corrected chi connectivity index (χ2v) is 8.73. The Hall–Kier alpha value is -0.410. The number of rotatable bonds is 3. The van der Waals surface area contributed by atoms with Gasteiger partial charge in [-0.25, -0.2) is 0 Å². The number of likely N-dealkylation sites (tertiary alicyclic amines) is 1. The highest BCUT2D eigenvalue weighted by Gasteiger charge is 2.46. The van der Waals surface area contributed by atoms with Crippen molar-refractivity contribution in [3.8, 4) is 0 Å². The van der Waals surface area contributed by atoms with Gasteiger partial charge in [0.2, 0.25) is 0 Å². The van der Waals surface area contributed by atoms with Crippen LogP contribution < -0.4 is 5.73 Å². The van der Waals surface area contributed by atoms with Crippen LogP contribution in [0.15, 0.2) is 0 Å². The Morgan fingerprint density at radius 1 is 1.05 bits per heavy atom. The number of nitrogens with zero attached hydrogens (tertiary/aromatic N) is 1. The van der Waals surface area contributed by atoms with Gasteiger partial charge in [-0.1, -0.05) is 20.3 Å². The topological polar surface area (TPSA) is 46.3 Å². The molecule has 3 nitrogen and oxygen atoms in total. The van der Waals surface area contributed by atoms with Gasteiger partial charge in [0.1, 0.15) is 0 Å². The van der Waals surface area contributed by atoms with Crippen LogP contribution in [0.4, 0.5) is 0 Å². The van der Waals surface area contributed by atoms with Crippen LogP contribution in [0.25, 0.3) is 0 Å². The summed E-state index contributed by atoms with van der Waals surface area (Å²) in [6, 6.07) is 0.399. The fourth-order valence-electron chi connectivity index (χ4n) is 4.36. The molecule has 2 unspecified atom stereocenters. The third kappa shape index (κ3) is 3.50. The Morgan fingerprint density at radius 2 is 1.71 bits per heavy atom. The molecule has 1 heterocycles. The molecule has 2 N–H and O–H groups in total. The van der Waals surface area contributed by atoms with Crippen molar-refractivity contribution >= 4 is 5.78 Å². The maximum atomic E-state index is 13.2. The van der Waals surface area contributed by atoms with Crippen LogP contribution in [-0.2, 0) is 4.79 Å². The van der Waals surface area contributed by atoms with E-state index in [0.29, 0.717) is 11.7 Å². The van der Waals surface area contributed by atoms with E-state index >= 15 is 0 Å². The van der Waals surface area contributed by atoms with Crippen molar-refractivity contribution in [1.82, 2.24) is 4.90 Å². The SMILES string of the molecule is CC(C)(C(=O)C1CCCN1C(C)(C)C)C1CCC[C@H](N)C1. The number of hydrogen-bond donors (Lipinski definition) is 1. The van der Waals surface area contributed by atoms with Crippen molar-refractivity contribution in [3.63, 3.8) is 0 Å². The van der Waals surface area contributed by atoms with Gasteiger partial charge in [0.25, 0.3) is 0 Å². The molecule has 0 aromatic carbocycles. The summed E-state index contributed by atoms with van der Waals surface area (Å²) in [4.78, 5) is 15.7. The zero-order valence-electron chi connectivity index (χ0n) is 14.6. The average molecular weight is 294 g/mol. The second kappa shape index (κ2) is 6.00. The Bertz CT molecular complexity index is 383. The van der Waals surface area contributed by atoms with E-state index in [2.05, 4.69) is 39.5 Å². The van der Waals surface area contributed by atoms with E-state index in [0.717, 1.165) is 38.6 Å². The maximum absolute atomic E-state index is 13.2. The first-order chi connectivity index (χ1) is 9.64. The molecule has 3 heteroatoms. The van der Waals surface area contributed by atoms with E-state index in [1.54, 1.807) is 0 Å². The summed E-state index contributed by atoms with van der Waals surface area (Å²) in [5.74, 6) is 0.908. The predicted octanol–water partition coefficient (Wildman–Crippen LogP) is 3.36. The number of ketones is 1. The van der Waals surface area contributed by atoms with Crippen LogP contribution in [0.1, 0.15) is 73.1 Å². The first-order valence-electron chi connectivity index (χ1n) is 8.70. The summed E-state index contributed by atoms with van der Waals surface area (Å²) in [6.07, 6.45) is 6.65. The van der Waals surface area contributed by atoms with E-state index < -0.39 is 0 Å². The van der Waals surface area contributed by atoms with Gasteiger partial charge >= 0.3 is 0 Å². The smallest absolute Gasteiger partial charge is 0.155 e. The van der Waals surface area contributed by atoms with Crippen LogP contribution in [0.5, 0.6) is 0 Å². The van der Waals surface area contributed by atoms with Crippen molar-refractivity contribution in [3.05, 3.63) is 0 Å². The van der Waals surface area contributed by atoms with E-state index in [9.17, 15) is 4.79 Å². The summed E-state index contributed by atoms with van der Waals surface area (Å²) < 4.78 is 0. The van der Waals surface area contributed by atoms with Crippen LogP contribution in [0.3, 0.4) is 0 Å². The van der Waals surface area contributed by atoms with Gasteiger partial charge in [-0.05, 0) is 65.3 Å². The molecule has 1 aliphatic carbocycles. The molecule has 0 amide bonds. The van der Waals surface area contributed by atoms with Gasteiger partial charge in [-0.15, -0.1) is 0 Å². The van der Waals surface area contributed by atoms with Crippen molar-refractivity contribution in [1.29, 1.82) is 0 Å². The zero-order chi connectivity index (χ0) is 15.8. The quantitative estimate of drug-likeness (QED) is 0.868. The first kappa shape index (κ1) is 17.0. The lowest BCUT2D eigenvalue weighted by atomic mass is 9.66. The summed E-state index contributed by atoms with van der Waals surface area (Å²) in [5.41, 5.74) is 5.99. The highest BCUT2D eigenvalue weighted by atomic mass is 16.1. The minimum atomic E-state index is -0.240. The molecule has 1 saturated carbocycles. The van der Waals surface area contributed by atoms with Crippen LogP contribution in [-0.4, -0.2) is 34.9 Å². The van der Waals surface area contributed by atoms with Gasteiger partial charge in [-0.3, -0.25) is 9.69 Å². The zero-order valence-corrected chi connectivity index (χ0v) is 14.6. The Kier molecular flexibility index (Phi) is 4.84. The minimum absolute atomic E-state index is 0.0792. The molecular weight excluding hydrogens is 260 g/mol. The molecule has 2 rings (SSSR count). The Morgan fingerprint density at radius 3 is 2.29 bits per heavy atom. The normalized spacial score (nSPS) is 32.4. The standard InChI is InChI=1S/C18H34N2O/c1-17(2,3)20-11-7-10-15(20)16(21)18(4,5)13-8-6-9-14(19)12-13/h13-15H,6-12,19H2,1-5H3/t13?,14-,15?/m0/s1. The number of carbonyl (C=O) groups is 1. The molecule has 0 bridgehead atoms. The average Bonchev–Trinajstić information content (AvgIpc) is 2.86. The van der Waals surface area contributed by atoms with E-state index in [4.69, 9.17) is 5.73 Å². The lowest BCUT2D eigenvalue weighted by Gasteiger charge is -2.43. The van der Waals surface area contributed by atoms with Crippen LogP contribution >= 0.6 is 0 Å². The molecular formula is C18H34N2O. The van der Waals surface area contributed by atoms with Crippen molar-refractivity contribution in [2.24, 2.45) is 17.1 Å². The summed E-state index contributed by atoms with van der Waals surface area (Å²) in [5, 5.41) is 0. The molecule has 21 heavy (non-hydrogen) atoms. The third-order valence-corrected chi connectivity index (χ3v) is 5.79. The van der Waals surface area contributed by atoms with Crippen molar-refractivity contribution in [2.75, 3.05) is 6.54 Å². The fourth-order valence-corrected chi connectivity index (χ4v) is 4.36. The largest absolute Gasteiger partial charge is 0.328 e. The molecule has 2 aliphatic rings. The van der Waals surface area contributed by atoms with Gasteiger partial charge in [0.15, 0.2) is 5.78 Å². The highest BCUT2D eigenvalue weighted by molar-refractivity contribution is 5.89. The minimum Gasteiger partial charge on any atom is -0.328 e. The number of hydrogen-bond acceptors (Lipinski definition) is 3. The maximum Gasteiger partial charge on any atom is 0.155 e. The van der Waals surface area contributed by atoms with E-state index in [-0.39, 0.29) is 23.0 Å². The van der Waals surface area contributed by atoms with E-state index in [1.807, 2.05) is 0 Å². The second-order valence-electron chi connectivity index (χ2n) is 8.73. The molecule has 3 atom stereocenters. The van der Waals surface area contributed by atoms with Gasteiger partial charge in [0, 0.05) is 17.0 Å². The molecule has 0 aromatic heterocycles. The van der Waals surface area contributed by atoms with Crippen molar-refractivity contribution in [2.45, 2.75) is 90.8 Å². The summed E-state index contributed by atoms with van der Waals surface area (Å²) in [6.45, 7) is 12.1.